The molecular formula is C32H28ClFN4O5. The van der Waals surface area contributed by atoms with Crippen molar-refractivity contribution in [3.8, 4) is 0 Å². The molecule has 3 aromatic carbocycles. The van der Waals surface area contributed by atoms with Gasteiger partial charge in [-0.1, -0.05) is 59.2 Å². The van der Waals surface area contributed by atoms with Crippen LogP contribution in [0.3, 0.4) is 0 Å². The van der Waals surface area contributed by atoms with Gasteiger partial charge < -0.3 is 25.5 Å². The summed E-state index contributed by atoms with van der Waals surface area (Å²) in [6, 6.07) is 15.3. The summed E-state index contributed by atoms with van der Waals surface area (Å²) in [5.41, 5.74) is 4.27. The number of para-hydroxylation sites is 1. The Balaban J connectivity index is 1.34. The molecule has 3 heterocycles. The van der Waals surface area contributed by atoms with E-state index in [4.69, 9.17) is 16.4 Å². The van der Waals surface area contributed by atoms with Gasteiger partial charge in [-0.05, 0) is 65.9 Å². The molecule has 0 fully saturated rings. The molecule has 0 aliphatic carbocycles. The summed E-state index contributed by atoms with van der Waals surface area (Å²) in [6.07, 6.45) is 2.38. The van der Waals surface area contributed by atoms with E-state index in [9.17, 15) is 23.9 Å². The van der Waals surface area contributed by atoms with Gasteiger partial charge in [0.2, 0.25) is 6.10 Å². The van der Waals surface area contributed by atoms with Crippen LogP contribution >= 0.6 is 11.6 Å². The SMILES string of the molecule is O=C(O)c1ccccc1NC(=O)[C@@H]1c2cccc(C3=CCNCC3)c2CCN1C(=O)[C@H]1CC(c2cccc(Cl)c2F)=NO1. The lowest BCUT2D eigenvalue weighted by atomic mass is 9.84. The number of rotatable bonds is 6. The number of hydrogen-bond donors (Lipinski definition) is 3. The molecule has 220 valence electrons. The first kappa shape index (κ1) is 28.6. The number of amides is 2. The van der Waals surface area contributed by atoms with E-state index in [0.717, 1.165) is 30.6 Å². The molecule has 2 amide bonds. The minimum atomic E-state index is -1.19. The van der Waals surface area contributed by atoms with E-state index in [2.05, 4.69) is 21.9 Å². The number of oxime groups is 1. The highest BCUT2D eigenvalue weighted by atomic mass is 35.5. The average Bonchev–Trinajstić information content (AvgIpc) is 3.52. The van der Waals surface area contributed by atoms with Crippen molar-refractivity contribution in [2.24, 2.45) is 5.16 Å². The molecule has 9 nitrogen and oxygen atoms in total. The lowest BCUT2D eigenvalue weighted by Crippen LogP contribution is -2.49. The first-order valence-electron chi connectivity index (χ1n) is 14.0. The van der Waals surface area contributed by atoms with Crippen molar-refractivity contribution in [3.63, 3.8) is 0 Å². The van der Waals surface area contributed by atoms with E-state index < -0.39 is 35.7 Å². The fraction of sp³-hybridized carbons (Fsp3) is 0.250. The van der Waals surface area contributed by atoms with Crippen molar-refractivity contribution in [1.29, 1.82) is 0 Å². The van der Waals surface area contributed by atoms with Crippen LogP contribution in [0.15, 0.2) is 71.9 Å². The van der Waals surface area contributed by atoms with Crippen molar-refractivity contribution in [1.82, 2.24) is 10.2 Å². The van der Waals surface area contributed by atoms with E-state index in [1.165, 1.54) is 34.7 Å². The molecule has 6 rings (SSSR count). The van der Waals surface area contributed by atoms with Gasteiger partial charge in [-0.15, -0.1) is 0 Å². The molecule has 43 heavy (non-hydrogen) atoms. The van der Waals surface area contributed by atoms with Gasteiger partial charge in [0.25, 0.3) is 11.8 Å². The Morgan fingerprint density at radius 2 is 1.84 bits per heavy atom. The maximum Gasteiger partial charge on any atom is 0.337 e. The van der Waals surface area contributed by atoms with Gasteiger partial charge in [0.05, 0.1) is 22.0 Å². The molecule has 0 unspecified atom stereocenters. The van der Waals surface area contributed by atoms with Gasteiger partial charge in [0.15, 0.2) is 5.82 Å². The van der Waals surface area contributed by atoms with Crippen molar-refractivity contribution >= 4 is 46.4 Å². The third-order valence-corrected chi connectivity index (χ3v) is 8.28. The number of carboxylic acids is 1. The van der Waals surface area contributed by atoms with Crippen LogP contribution < -0.4 is 10.6 Å². The summed E-state index contributed by atoms with van der Waals surface area (Å²) in [4.78, 5) is 46.8. The zero-order chi connectivity index (χ0) is 30.1. The molecule has 0 saturated heterocycles. The third kappa shape index (κ3) is 5.51. The molecular weight excluding hydrogens is 575 g/mol. The van der Waals surface area contributed by atoms with Crippen LogP contribution in [0.5, 0.6) is 0 Å². The van der Waals surface area contributed by atoms with Crippen LogP contribution in [0.25, 0.3) is 5.57 Å². The van der Waals surface area contributed by atoms with Crippen LogP contribution in [-0.4, -0.2) is 59.2 Å². The number of fused-ring (bicyclic) bond motifs is 1. The van der Waals surface area contributed by atoms with Gasteiger partial charge in [-0.25, -0.2) is 9.18 Å². The molecule has 3 aliphatic heterocycles. The summed E-state index contributed by atoms with van der Waals surface area (Å²) in [5.74, 6) is -2.88. The number of carbonyl (C=O) groups is 3. The normalized spacial score (nSPS) is 19.5. The minimum Gasteiger partial charge on any atom is -0.478 e. The van der Waals surface area contributed by atoms with Gasteiger partial charge in [-0.2, -0.15) is 0 Å². The Labute approximate surface area is 252 Å². The minimum absolute atomic E-state index is 0.00440. The highest BCUT2D eigenvalue weighted by molar-refractivity contribution is 6.31. The highest BCUT2D eigenvalue weighted by Crippen LogP contribution is 2.38. The Bertz CT molecular complexity index is 1690. The monoisotopic (exact) mass is 602 g/mol. The average molecular weight is 603 g/mol. The first-order valence-corrected chi connectivity index (χ1v) is 14.3. The molecule has 0 bridgehead atoms. The maximum atomic E-state index is 14.7. The summed E-state index contributed by atoms with van der Waals surface area (Å²) in [5, 5.41) is 19.7. The maximum absolute atomic E-state index is 14.7. The quantitative estimate of drug-likeness (QED) is 0.372. The summed E-state index contributed by atoms with van der Waals surface area (Å²) in [6.45, 7) is 1.80. The number of nitrogens with zero attached hydrogens (tertiary/aromatic N) is 2. The Hall–Kier alpha value is -4.54. The Morgan fingerprint density at radius 1 is 1.05 bits per heavy atom. The standard InChI is InChI=1S/C32H28ClFN4O5/c33-24-9-4-8-22(28(24)34)26-17-27(43-37-26)31(40)38-16-13-20-19(18-11-14-35-15-12-18)6-3-7-21(20)29(38)30(39)36-25-10-2-1-5-23(25)32(41)42/h1-11,27,29,35H,12-17H2,(H,36,39)(H,41,42)/t27-,29+/m1/s1. The molecule has 0 saturated carbocycles. The van der Waals surface area contributed by atoms with Gasteiger partial charge >= 0.3 is 5.97 Å². The smallest absolute Gasteiger partial charge is 0.337 e. The summed E-state index contributed by atoms with van der Waals surface area (Å²) >= 11 is 5.95. The van der Waals surface area contributed by atoms with Gasteiger partial charge in [0, 0.05) is 25.1 Å². The number of nitrogens with one attached hydrogen (secondary N) is 2. The third-order valence-electron chi connectivity index (χ3n) is 7.98. The fourth-order valence-corrected chi connectivity index (χ4v) is 6.09. The van der Waals surface area contributed by atoms with Gasteiger partial charge in [0.1, 0.15) is 6.04 Å². The summed E-state index contributed by atoms with van der Waals surface area (Å²) < 4.78 is 14.7. The second-order valence-corrected chi connectivity index (χ2v) is 10.9. The van der Waals surface area contributed by atoms with Crippen molar-refractivity contribution in [2.45, 2.75) is 31.4 Å². The predicted molar refractivity (Wildman–Crippen MR) is 160 cm³/mol. The largest absolute Gasteiger partial charge is 0.478 e. The van der Waals surface area contributed by atoms with Gasteiger partial charge in [-0.3, -0.25) is 9.59 Å². The van der Waals surface area contributed by atoms with Crippen molar-refractivity contribution in [3.05, 3.63) is 105 Å². The number of halogens is 2. The molecule has 3 aromatic rings. The summed E-state index contributed by atoms with van der Waals surface area (Å²) in [7, 11) is 0. The number of aromatic carboxylic acids is 1. The van der Waals surface area contributed by atoms with Crippen LogP contribution in [0.4, 0.5) is 10.1 Å². The lowest BCUT2D eigenvalue weighted by molar-refractivity contribution is -0.148. The predicted octanol–water partition coefficient (Wildman–Crippen LogP) is 4.81. The van der Waals surface area contributed by atoms with E-state index in [-0.39, 0.29) is 40.5 Å². The second kappa shape index (κ2) is 12.0. The van der Waals surface area contributed by atoms with Crippen LogP contribution in [0.2, 0.25) is 5.02 Å². The second-order valence-electron chi connectivity index (χ2n) is 10.5. The molecule has 11 heteroatoms. The van der Waals surface area contributed by atoms with Crippen LogP contribution in [-0.2, 0) is 20.8 Å². The number of carboxylic acid groups (broad SMARTS) is 1. The zero-order valence-electron chi connectivity index (χ0n) is 23.0. The van der Waals surface area contributed by atoms with E-state index in [0.29, 0.717) is 12.0 Å². The number of benzene rings is 3. The number of hydrogen-bond acceptors (Lipinski definition) is 6. The molecule has 3 N–H and O–H groups in total. The zero-order valence-corrected chi connectivity index (χ0v) is 23.7. The topological polar surface area (TPSA) is 120 Å². The molecule has 0 spiro atoms. The lowest BCUT2D eigenvalue weighted by Gasteiger charge is -2.38. The Morgan fingerprint density at radius 3 is 2.63 bits per heavy atom. The van der Waals surface area contributed by atoms with E-state index >= 15 is 0 Å². The first-order chi connectivity index (χ1) is 20.8. The molecule has 3 aliphatic rings. The molecule has 2 atom stereocenters. The van der Waals surface area contributed by atoms with Crippen molar-refractivity contribution < 1.29 is 28.7 Å². The number of anilines is 1. The van der Waals surface area contributed by atoms with E-state index in [1.54, 1.807) is 18.2 Å². The fourth-order valence-electron chi connectivity index (χ4n) is 5.92. The molecule has 0 radical (unpaired) electrons. The number of carbonyl (C=O) groups excluding carboxylic acids is 2. The highest BCUT2D eigenvalue weighted by Gasteiger charge is 2.42. The van der Waals surface area contributed by atoms with Crippen molar-refractivity contribution in [2.75, 3.05) is 25.0 Å². The Kier molecular flexibility index (Phi) is 7.96. The molecule has 0 aromatic heterocycles. The van der Waals surface area contributed by atoms with Crippen LogP contribution in [0, 0.1) is 5.82 Å². The van der Waals surface area contributed by atoms with Crippen LogP contribution in [0.1, 0.15) is 51.5 Å². The van der Waals surface area contributed by atoms with E-state index in [1.807, 2.05) is 18.2 Å².